The molecule has 1 amide bonds. The molecule has 1 N–H and O–H groups in total. The van der Waals surface area contributed by atoms with Crippen LogP contribution in [0.4, 0.5) is 5.95 Å². The summed E-state index contributed by atoms with van der Waals surface area (Å²) in [7, 11) is 4.14. The fraction of sp³-hybridized carbons (Fsp3) is 0.737. The van der Waals surface area contributed by atoms with Crippen LogP contribution in [-0.4, -0.2) is 82.9 Å². The van der Waals surface area contributed by atoms with Crippen LogP contribution in [0.5, 0.6) is 0 Å². The SMILES string of the molecule is CCCNc1ncc(CN2CCN(C)[C@]3(CCC(=O)N(C)CC3)C2)cn1. The lowest BCUT2D eigenvalue weighted by Crippen LogP contribution is -2.60. The highest BCUT2D eigenvalue weighted by Crippen LogP contribution is 2.32. The molecule has 0 radical (unpaired) electrons. The zero-order chi connectivity index (χ0) is 18.6. The van der Waals surface area contributed by atoms with Crippen molar-refractivity contribution in [3.8, 4) is 0 Å². The predicted molar refractivity (Wildman–Crippen MR) is 103 cm³/mol. The van der Waals surface area contributed by atoms with Gasteiger partial charge in [-0.2, -0.15) is 0 Å². The Morgan fingerprint density at radius 2 is 1.92 bits per heavy atom. The molecule has 1 aromatic heterocycles. The summed E-state index contributed by atoms with van der Waals surface area (Å²) in [5.41, 5.74) is 1.25. The number of likely N-dealkylation sites (N-methyl/N-ethyl adjacent to an activating group) is 1. The quantitative estimate of drug-likeness (QED) is 0.857. The fourth-order valence-corrected chi connectivity index (χ4v) is 4.00. The summed E-state index contributed by atoms with van der Waals surface area (Å²) in [5.74, 6) is 0.978. The van der Waals surface area contributed by atoms with Gasteiger partial charge in [0.05, 0.1) is 0 Å². The summed E-state index contributed by atoms with van der Waals surface area (Å²) < 4.78 is 0. The average Bonchev–Trinajstić information content (AvgIpc) is 2.79. The van der Waals surface area contributed by atoms with Crippen molar-refractivity contribution in [1.82, 2.24) is 24.7 Å². The Morgan fingerprint density at radius 1 is 1.15 bits per heavy atom. The minimum Gasteiger partial charge on any atom is -0.354 e. The van der Waals surface area contributed by atoms with E-state index in [1.807, 2.05) is 24.3 Å². The predicted octanol–water partition coefficient (Wildman–Crippen LogP) is 1.43. The number of nitrogens with one attached hydrogen (secondary N) is 1. The highest BCUT2D eigenvalue weighted by molar-refractivity contribution is 5.76. The van der Waals surface area contributed by atoms with Crippen LogP contribution in [0.1, 0.15) is 38.2 Å². The van der Waals surface area contributed by atoms with E-state index < -0.39 is 0 Å². The van der Waals surface area contributed by atoms with E-state index in [1.54, 1.807) is 0 Å². The van der Waals surface area contributed by atoms with Gasteiger partial charge in [-0.05, 0) is 26.3 Å². The molecule has 2 saturated heterocycles. The van der Waals surface area contributed by atoms with Gasteiger partial charge in [0, 0.05) is 76.2 Å². The normalized spacial score (nSPS) is 25.5. The van der Waals surface area contributed by atoms with Gasteiger partial charge >= 0.3 is 0 Å². The lowest BCUT2D eigenvalue weighted by Gasteiger charge is -2.49. The maximum Gasteiger partial charge on any atom is 0.222 e. The Morgan fingerprint density at radius 3 is 2.65 bits per heavy atom. The third-order valence-corrected chi connectivity index (χ3v) is 5.87. The summed E-state index contributed by atoms with van der Waals surface area (Å²) in [4.78, 5) is 27.8. The molecule has 1 atom stereocenters. The highest BCUT2D eigenvalue weighted by atomic mass is 16.2. The monoisotopic (exact) mass is 360 g/mol. The second-order valence-electron chi connectivity index (χ2n) is 7.76. The van der Waals surface area contributed by atoms with Gasteiger partial charge in [0.15, 0.2) is 0 Å². The lowest BCUT2D eigenvalue weighted by molar-refractivity contribution is -0.129. The average molecular weight is 361 g/mol. The molecule has 0 aliphatic carbocycles. The molecule has 2 fully saturated rings. The Hall–Kier alpha value is -1.73. The maximum atomic E-state index is 12.1. The van der Waals surface area contributed by atoms with E-state index in [4.69, 9.17) is 0 Å². The summed E-state index contributed by atoms with van der Waals surface area (Å²) in [6, 6.07) is 0. The molecule has 7 nitrogen and oxygen atoms in total. The van der Waals surface area contributed by atoms with E-state index in [-0.39, 0.29) is 11.4 Å². The number of piperazine rings is 1. The first-order valence-electron chi connectivity index (χ1n) is 9.75. The van der Waals surface area contributed by atoms with Crippen LogP contribution in [-0.2, 0) is 11.3 Å². The van der Waals surface area contributed by atoms with Gasteiger partial charge in [0.1, 0.15) is 0 Å². The first-order valence-corrected chi connectivity index (χ1v) is 9.75. The van der Waals surface area contributed by atoms with Crippen molar-refractivity contribution in [3.05, 3.63) is 18.0 Å². The molecule has 0 saturated carbocycles. The van der Waals surface area contributed by atoms with Crippen molar-refractivity contribution in [3.63, 3.8) is 0 Å². The summed E-state index contributed by atoms with van der Waals surface area (Å²) >= 11 is 0. The molecule has 2 aliphatic heterocycles. The van der Waals surface area contributed by atoms with E-state index in [1.165, 1.54) is 0 Å². The molecule has 144 valence electrons. The van der Waals surface area contributed by atoms with E-state index >= 15 is 0 Å². The molecule has 0 bridgehead atoms. The Balaban J connectivity index is 1.63. The van der Waals surface area contributed by atoms with E-state index in [9.17, 15) is 4.79 Å². The third kappa shape index (κ3) is 4.32. The lowest BCUT2D eigenvalue weighted by atomic mass is 9.86. The van der Waals surface area contributed by atoms with Gasteiger partial charge < -0.3 is 10.2 Å². The number of amides is 1. The second kappa shape index (κ2) is 8.31. The maximum absolute atomic E-state index is 12.1. The topological polar surface area (TPSA) is 64.6 Å². The van der Waals surface area contributed by atoms with Gasteiger partial charge in [0.25, 0.3) is 0 Å². The van der Waals surface area contributed by atoms with Gasteiger partial charge in [-0.25, -0.2) is 9.97 Å². The van der Waals surface area contributed by atoms with Gasteiger partial charge in [-0.15, -0.1) is 0 Å². The number of rotatable bonds is 5. The van der Waals surface area contributed by atoms with E-state index in [0.717, 1.165) is 64.1 Å². The molecule has 1 spiro atoms. The molecule has 26 heavy (non-hydrogen) atoms. The number of likely N-dealkylation sites (tertiary alicyclic amines) is 1. The number of carbonyl (C=O) groups is 1. The summed E-state index contributed by atoms with van der Waals surface area (Å²) in [6.07, 6.45) is 7.56. The first-order chi connectivity index (χ1) is 12.5. The van der Waals surface area contributed by atoms with Crippen molar-refractivity contribution in [2.75, 3.05) is 52.1 Å². The minimum atomic E-state index is 0.0994. The Bertz CT molecular complexity index is 607. The minimum absolute atomic E-state index is 0.0994. The summed E-state index contributed by atoms with van der Waals surface area (Å²) in [5, 5.41) is 3.21. The number of nitrogens with zero attached hydrogens (tertiary/aromatic N) is 5. The van der Waals surface area contributed by atoms with Crippen LogP contribution in [0, 0.1) is 0 Å². The zero-order valence-electron chi connectivity index (χ0n) is 16.4. The molecular weight excluding hydrogens is 328 g/mol. The van der Waals surface area contributed by atoms with Crippen LogP contribution in [0.25, 0.3) is 0 Å². The van der Waals surface area contributed by atoms with Crippen LogP contribution in [0.2, 0.25) is 0 Å². The van der Waals surface area contributed by atoms with Crippen LogP contribution >= 0.6 is 0 Å². The van der Waals surface area contributed by atoms with Crippen molar-refractivity contribution >= 4 is 11.9 Å². The molecule has 2 aliphatic rings. The fourth-order valence-electron chi connectivity index (χ4n) is 4.00. The number of hydrogen-bond acceptors (Lipinski definition) is 6. The Labute approximate surface area is 156 Å². The van der Waals surface area contributed by atoms with Crippen molar-refractivity contribution < 1.29 is 4.79 Å². The van der Waals surface area contributed by atoms with Gasteiger partial charge in [-0.1, -0.05) is 6.92 Å². The number of carbonyl (C=O) groups excluding carboxylic acids is 1. The van der Waals surface area contributed by atoms with Crippen LogP contribution < -0.4 is 5.32 Å². The largest absolute Gasteiger partial charge is 0.354 e. The smallest absolute Gasteiger partial charge is 0.222 e. The van der Waals surface area contributed by atoms with Gasteiger partial charge in [0.2, 0.25) is 11.9 Å². The first kappa shape index (κ1) is 19.0. The molecule has 0 aromatic carbocycles. The number of hydrogen-bond donors (Lipinski definition) is 1. The second-order valence-corrected chi connectivity index (χ2v) is 7.76. The van der Waals surface area contributed by atoms with Crippen LogP contribution in [0.15, 0.2) is 12.4 Å². The molecular formula is C19H32N6O. The zero-order valence-corrected chi connectivity index (χ0v) is 16.4. The van der Waals surface area contributed by atoms with Crippen molar-refractivity contribution in [2.45, 2.75) is 44.7 Å². The summed E-state index contributed by atoms with van der Waals surface area (Å²) in [6.45, 7) is 7.81. The van der Waals surface area contributed by atoms with E-state index in [2.05, 4.69) is 39.1 Å². The van der Waals surface area contributed by atoms with Crippen LogP contribution in [0.3, 0.4) is 0 Å². The molecule has 3 heterocycles. The van der Waals surface area contributed by atoms with Crippen molar-refractivity contribution in [1.29, 1.82) is 0 Å². The number of aromatic nitrogens is 2. The van der Waals surface area contributed by atoms with Crippen molar-refractivity contribution in [2.24, 2.45) is 0 Å². The highest BCUT2D eigenvalue weighted by Gasteiger charge is 2.41. The standard InChI is InChI=1S/C19H32N6O/c1-4-8-20-18-21-12-16(13-22-18)14-25-11-10-24(3)19(15-25)6-5-17(26)23(2)9-7-19/h12-13H,4-11,14-15H2,1-3H3,(H,20,21,22)/t19-/m0/s1. The molecule has 7 heteroatoms. The number of anilines is 1. The van der Waals surface area contributed by atoms with E-state index in [0.29, 0.717) is 12.4 Å². The molecule has 3 rings (SSSR count). The van der Waals surface area contributed by atoms with Gasteiger partial charge in [-0.3, -0.25) is 14.6 Å². The Kier molecular flexibility index (Phi) is 6.09. The molecule has 1 aromatic rings. The third-order valence-electron chi connectivity index (χ3n) is 5.87. The molecule has 0 unspecified atom stereocenters.